The van der Waals surface area contributed by atoms with Crippen molar-refractivity contribution in [2.75, 3.05) is 41.0 Å². The Labute approximate surface area is 187 Å². The Bertz CT molecular complexity index is 820. The highest BCUT2D eigenvalue weighted by Crippen LogP contribution is 2.38. The summed E-state index contributed by atoms with van der Waals surface area (Å²) in [5, 5.41) is 3.62. The number of hydrogen-bond acceptors (Lipinski definition) is 5. The highest BCUT2D eigenvalue weighted by molar-refractivity contribution is 5.54. The fourth-order valence-electron chi connectivity index (χ4n) is 4.27. The van der Waals surface area contributed by atoms with Crippen LogP contribution in [0.2, 0.25) is 0 Å². The molecule has 1 fully saturated rings. The molecule has 5 nitrogen and oxygen atoms in total. The minimum atomic E-state index is 0.626. The van der Waals surface area contributed by atoms with Crippen LogP contribution >= 0.6 is 0 Å². The number of hydrogen-bond donors (Lipinski definition) is 1. The topological polar surface area (TPSA) is 43.0 Å². The monoisotopic (exact) mass is 424 g/mol. The fourth-order valence-corrected chi connectivity index (χ4v) is 4.27. The zero-order valence-corrected chi connectivity index (χ0v) is 19.3. The second-order valence-electron chi connectivity index (χ2n) is 8.23. The lowest BCUT2D eigenvalue weighted by Gasteiger charge is -2.25. The van der Waals surface area contributed by atoms with Crippen molar-refractivity contribution in [3.8, 4) is 17.2 Å². The first-order chi connectivity index (χ1) is 15.1. The molecule has 0 saturated carbocycles. The number of rotatable bonds is 11. The van der Waals surface area contributed by atoms with E-state index < -0.39 is 0 Å². The molecule has 2 aromatic carbocycles. The second-order valence-corrected chi connectivity index (χ2v) is 8.23. The number of nitrogens with zero attached hydrogens (tertiary/aromatic N) is 1. The van der Waals surface area contributed by atoms with E-state index in [0.717, 1.165) is 38.2 Å². The SMILES string of the molecule is COc1cc(CN(CC[C@H]2CCCN2)C/C(C)=C/c2ccccc2)cc(OC)c1OC. The zero-order chi connectivity index (χ0) is 22.1. The predicted octanol–water partition coefficient (Wildman–Crippen LogP) is 4.76. The molecule has 1 aliphatic rings. The van der Waals surface area contributed by atoms with Gasteiger partial charge in [0.2, 0.25) is 5.75 Å². The molecule has 1 heterocycles. The molecule has 168 valence electrons. The van der Waals surface area contributed by atoms with E-state index in [1.807, 2.05) is 0 Å². The first-order valence-corrected chi connectivity index (χ1v) is 11.1. The standard InChI is InChI=1S/C26H36N2O3/c1-20(15-21-9-6-5-7-10-21)18-28(14-12-23-11-8-13-27-23)19-22-16-24(29-2)26(31-4)25(17-22)30-3/h5-7,9-10,15-17,23,27H,8,11-14,18-19H2,1-4H3/b20-15+/t23-/m1/s1. The lowest BCUT2D eigenvalue weighted by molar-refractivity contribution is 0.270. The smallest absolute Gasteiger partial charge is 0.203 e. The van der Waals surface area contributed by atoms with E-state index in [-0.39, 0.29) is 0 Å². The molecule has 1 aliphatic heterocycles. The van der Waals surface area contributed by atoms with E-state index in [1.165, 1.54) is 24.0 Å². The minimum Gasteiger partial charge on any atom is -0.493 e. The molecule has 3 rings (SSSR count). The maximum absolute atomic E-state index is 5.56. The number of benzene rings is 2. The average Bonchev–Trinajstić information content (AvgIpc) is 3.31. The van der Waals surface area contributed by atoms with Crippen molar-refractivity contribution >= 4 is 6.08 Å². The Morgan fingerprint density at radius 3 is 2.35 bits per heavy atom. The molecule has 0 unspecified atom stereocenters. The summed E-state index contributed by atoms with van der Waals surface area (Å²) in [5.74, 6) is 2.03. The summed E-state index contributed by atoms with van der Waals surface area (Å²) < 4.78 is 16.6. The third-order valence-electron chi connectivity index (χ3n) is 5.77. The molecule has 0 aromatic heterocycles. The number of nitrogens with one attached hydrogen (secondary N) is 1. The summed E-state index contributed by atoms with van der Waals surface area (Å²) in [5.41, 5.74) is 3.74. The van der Waals surface area contributed by atoms with Crippen LogP contribution in [0.1, 0.15) is 37.3 Å². The van der Waals surface area contributed by atoms with E-state index in [9.17, 15) is 0 Å². The van der Waals surface area contributed by atoms with Gasteiger partial charge in [0.15, 0.2) is 11.5 Å². The van der Waals surface area contributed by atoms with Crippen LogP contribution in [-0.4, -0.2) is 51.9 Å². The highest BCUT2D eigenvalue weighted by atomic mass is 16.5. The Balaban J connectivity index is 1.77. The first-order valence-electron chi connectivity index (χ1n) is 11.1. The maximum atomic E-state index is 5.56. The largest absolute Gasteiger partial charge is 0.493 e. The molecule has 31 heavy (non-hydrogen) atoms. The normalized spacial score (nSPS) is 16.5. The summed E-state index contributed by atoms with van der Waals surface area (Å²) in [6.45, 7) is 6.13. The van der Waals surface area contributed by atoms with Crippen LogP contribution in [-0.2, 0) is 6.54 Å². The van der Waals surface area contributed by atoms with Gasteiger partial charge in [-0.15, -0.1) is 0 Å². The van der Waals surface area contributed by atoms with Gasteiger partial charge in [0, 0.05) is 25.7 Å². The van der Waals surface area contributed by atoms with Crippen LogP contribution in [0.15, 0.2) is 48.0 Å². The predicted molar refractivity (Wildman–Crippen MR) is 127 cm³/mol. The van der Waals surface area contributed by atoms with Gasteiger partial charge in [0.25, 0.3) is 0 Å². The zero-order valence-electron chi connectivity index (χ0n) is 19.3. The van der Waals surface area contributed by atoms with Crippen molar-refractivity contribution < 1.29 is 14.2 Å². The average molecular weight is 425 g/mol. The van der Waals surface area contributed by atoms with E-state index in [1.54, 1.807) is 21.3 Å². The summed E-state index contributed by atoms with van der Waals surface area (Å²) >= 11 is 0. The molecule has 0 aliphatic carbocycles. The third kappa shape index (κ3) is 6.74. The van der Waals surface area contributed by atoms with Gasteiger partial charge in [-0.25, -0.2) is 0 Å². The maximum Gasteiger partial charge on any atom is 0.203 e. The van der Waals surface area contributed by atoms with Crippen molar-refractivity contribution in [1.82, 2.24) is 10.2 Å². The van der Waals surface area contributed by atoms with Crippen LogP contribution in [0, 0.1) is 0 Å². The van der Waals surface area contributed by atoms with Crippen LogP contribution in [0.3, 0.4) is 0 Å². The highest BCUT2D eigenvalue weighted by Gasteiger charge is 2.18. The molecule has 1 atom stereocenters. The summed E-state index contributed by atoms with van der Waals surface area (Å²) in [6, 6.07) is 15.2. The van der Waals surface area contributed by atoms with Crippen molar-refractivity contribution in [2.24, 2.45) is 0 Å². The third-order valence-corrected chi connectivity index (χ3v) is 5.77. The second kappa shape index (κ2) is 11.8. The molecule has 0 amide bonds. The number of methoxy groups -OCH3 is 3. The molecular weight excluding hydrogens is 388 g/mol. The van der Waals surface area contributed by atoms with E-state index in [2.05, 4.69) is 65.7 Å². The van der Waals surface area contributed by atoms with E-state index >= 15 is 0 Å². The molecule has 1 N–H and O–H groups in total. The Morgan fingerprint density at radius 1 is 1.06 bits per heavy atom. The van der Waals surface area contributed by atoms with Crippen molar-refractivity contribution in [2.45, 2.75) is 38.8 Å². The van der Waals surface area contributed by atoms with Crippen LogP contribution in [0.25, 0.3) is 6.08 Å². The summed E-state index contributed by atoms with van der Waals surface area (Å²) in [6.07, 6.45) is 5.99. The van der Waals surface area contributed by atoms with Gasteiger partial charge in [0.05, 0.1) is 21.3 Å². The lowest BCUT2D eigenvalue weighted by atomic mass is 10.1. The van der Waals surface area contributed by atoms with Gasteiger partial charge >= 0.3 is 0 Å². The summed E-state index contributed by atoms with van der Waals surface area (Å²) in [4.78, 5) is 2.51. The van der Waals surface area contributed by atoms with E-state index in [0.29, 0.717) is 23.3 Å². The molecule has 2 aromatic rings. The van der Waals surface area contributed by atoms with Crippen molar-refractivity contribution in [3.05, 3.63) is 59.2 Å². The lowest BCUT2D eigenvalue weighted by Crippen LogP contribution is -2.31. The molecule has 0 spiro atoms. The Morgan fingerprint density at radius 2 is 1.77 bits per heavy atom. The van der Waals surface area contributed by atoms with Crippen molar-refractivity contribution in [1.29, 1.82) is 0 Å². The Hall–Kier alpha value is -2.50. The fraction of sp³-hybridized carbons (Fsp3) is 0.462. The first kappa shape index (κ1) is 23.2. The van der Waals surface area contributed by atoms with Crippen LogP contribution in [0.4, 0.5) is 0 Å². The van der Waals surface area contributed by atoms with Gasteiger partial charge in [-0.3, -0.25) is 4.90 Å². The van der Waals surface area contributed by atoms with Crippen LogP contribution in [0.5, 0.6) is 17.2 Å². The molecule has 0 bridgehead atoms. The molecule has 1 saturated heterocycles. The van der Waals surface area contributed by atoms with Gasteiger partial charge in [0.1, 0.15) is 0 Å². The summed E-state index contributed by atoms with van der Waals surface area (Å²) in [7, 11) is 4.97. The van der Waals surface area contributed by atoms with E-state index in [4.69, 9.17) is 14.2 Å². The number of ether oxygens (including phenoxy) is 3. The van der Waals surface area contributed by atoms with Gasteiger partial charge in [-0.2, -0.15) is 0 Å². The van der Waals surface area contributed by atoms with Gasteiger partial charge in [-0.1, -0.05) is 42.0 Å². The molecule has 0 radical (unpaired) electrons. The van der Waals surface area contributed by atoms with Crippen molar-refractivity contribution in [3.63, 3.8) is 0 Å². The molecule has 5 heteroatoms. The Kier molecular flexibility index (Phi) is 8.80. The minimum absolute atomic E-state index is 0.626. The van der Waals surface area contributed by atoms with Gasteiger partial charge < -0.3 is 19.5 Å². The van der Waals surface area contributed by atoms with Crippen LogP contribution < -0.4 is 19.5 Å². The molecular formula is C26H36N2O3. The van der Waals surface area contributed by atoms with Gasteiger partial charge in [-0.05, 0) is 56.0 Å². The quantitative estimate of drug-likeness (QED) is 0.563.